The Bertz CT molecular complexity index is 325. The second kappa shape index (κ2) is 5.70. The van der Waals surface area contributed by atoms with Gasteiger partial charge in [0.2, 0.25) is 0 Å². The highest BCUT2D eigenvalue weighted by Crippen LogP contribution is 2.21. The first-order valence-electron chi connectivity index (χ1n) is 5.76. The van der Waals surface area contributed by atoms with Crippen molar-refractivity contribution in [3.63, 3.8) is 0 Å². The van der Waals surface area contributed by atoms with Gasteiger partial charge in [-0.2, -0.15) is 0 Å². The highest BCUT2D eigenvalue weighted by Gasteiger charge is 2.23. The van der Waals surface area contributed by atoms with E-state index in [0.29, 0.717) is 6.04 Å². The largest absolute Gasteiger partial charge is 0.395 e. The number of nitrogens with zero attached hydrogens (tertiary/aromatic N) is 2. The Balaban J connectivity index is 1.67. The van der Waals surface area contributed by atoms with E-state index in [1.54, 1.807) is 11.8 Å². The molecule has 1 aliphatic carbocycles. The van der Waals surface area contributed by atoms with Crippen LogP contribution in [0.1, 0.15) is 19.3 Å². The normalized spacial score (nSPS) is 17.6. The molecule has 90 valence electrons. The van der Waals surface area contributed by atoms with Crippen molar-refractivity contribution in [1.29, 1.82) is 0 Å². The van der Waals surface area contributed by atoms with E-state index in [1.807, 2.05) is 24.0 Å². The molecule has 1 unspecified atom stereocenters. The van der Waals surface area contributed by atoms with Crippen LogP contribution in [0.25, 0.3) is 0 Å². The molecule has 0 amide bonds. The van der Waals surface area contributed by atoms with Gasteiger partial charge in [0.25, 0.3) is 0 Å². The van der Waals surface area contributed by atoms with Gasteiger partial charge in [0.15, 0.2) is 5.16 Å². The molecule has 5 heteroatoms. The van der Waals surface area contributed by atoms with Crippen molar-refractivity contribution in [3.8, 4) is 0 Å². The first-order valence-corrected chi connectivity index (χ1v) is 6.75. The third kappa shape index (κ3) is 3.50. The van der Waals surface area contributed by atoms with Crippen molar-refractivity contribution in [2.45, 2.75) is 36.5 Å². The number of hydrogen-bond acceptors (Lipinski definition) is 4. The maximum atomic E-state index is 9.22. The molecule has 1 aliphatic rings. The fraction of sp³-hybridized carbons (Fsp3) is 0.727. The number of aryl methyl sites for hydroxylation is 1. The van der Waals surface area contributed by atoms with Gasteiger partial charge < -0.3 is 15.0 Å². The minimum atomic E-state index is 0.234. The number of thioether (sulfide) groups is 1. The standard InChI is InChI=1S/C11H19N3OS/c1-14-6-5-12-11(14)16-7-4-10(8-15)13-9-2-3-9/h5-6,9-10,13,15H,2-4,7-8H2,1H3. The highest BCUT2D eigenvalue weighted by atomic mass is 32.2. The van der Waals surface area contributed by atoms with Crippen LogP contribution >= 0.6 is 11.8 Å². The predicted octanol–water partition coefficient (Wildman–Crippen LogP) is 1.02. The van der Waals surface area contributed by atoms with Crippen LogP contribution < -0.4 is 5.32 Å². The second-order valence-corrected chi connectivity index (χ2v) is 5.34. The van der Waals surface area contributed by atoms with Crippen molar-refractivity contribution in [2.24, 2.45) is 7.05 Å². The minimum Gasteiger partial charge on any atom is -0.395 e. The molecule has 1 atom stereocenters. The lowest BCUT2D eigenvalue weighted by molar-refractivity contribution is 0.238. The summed E-state index contributed by atoms with van der Waals surface area (Å²) in [6.45, 7) is 0.234. The molecule has 1 aromatic heterocycles. The van der Waals surface area contributed by atoms with Crippen LogP contribution in [0, 0.1) is 0 Å². The summed E-state index contributed by atoms with van der Waals surface area (Å²) in [6.07, 6.45) is 7.29. The van der Waals surface area contributed by atoms with Crippen LogP contribution in [0.4, 0.5) is 0 Å². The van der Waals surface area contributed by atoms with Gasteiger partial charge in [-0.05, 0) is 19.3 Å². The van der Waals surface area contributed by atoms with Crippen molar-refractivity contribution in [3.05, 3.63) is 12.4 Å². The third-order valence-corrected chi connectivity index (χ3v) is 3.84. The van der Waals surface area contributed by atoms with Gasteiger partial charge >= 0.3 is 0 Å². The monoisotopic (exact) mass is 241 g/mol. The molecule has 1 aromatic rings. The lowest BCUT2D eigenvalue weighted by Gasteiger charge is -2.15. The molecule has 0 radical (unpaired) electrons. The molecular weight excluding hydrogens is 222 g/mol. The van der Waals surface area contributed by atoms with E-state index >= 15 is 0 Å². The SMILES string of the molecule is Cn1ccnc1SCCC(CO)NC1CC1. The van der Waals surface area contributed by atoms with Gasteiger partial charge in [-0.15, -0.1) is 0 Å². The van der Waals surface area contributed by atoms with Gasteiger partial charge in [0.05, 0.1) is 6.61 Å². The predicted molar refractivity (Wildman–Crippen MR) is 65.6 cm³/mol. The van der Waals surface area contributed by atoms with Gasteiger partial charge in [-0.1, -0.05) is 11.8 Å². The quantitative estimate of drug-likeness (QED) is 0.700. The van der Waals surface area contributed by atoms with Crippen molar-refractivity contribution in [2.75, 3.05) is 12.4 Å². The smallest absolute Gasteiger partial charge is 0.167 e. The number of aromatic nitrogens is 2. The van der Waals surface area contributed by atoms with E-state index in [1.165, 1.54) is 12.8 Å². The Morgan fingerprint density at radius 1 is 1.69 bits per heavy atom. The fourth-order valence-electron chi connectivity index (χ4n) is 1.59. The van der Waals surface area contributed by atoms with Crippen LogP contribution in [0.3, 0.4) is 0 Å². The Hall–Kier alpha value is -0.520. The summed E-state index contributed by atoms with van der Waals surface area (Å²) in [6, 6.07) is 0.913. The van der Waals surface area contributed by atoms with E-state index in [-0.39, 0.29) is 12.6 Å². The molecule has 1 heterocycles. The Morgan fingerprint density at radius 2 is 2.50 bits per heavy atom. The highest BCUT2D eigenvalue weighted by molar-refractivity contribution is 7.99. The number of aliphatic hydroxyl groups excluding tert-OH is 1. The van der Waals surface area contributed by atoms with E-state index in [4.69, 9.17) is 0 Å². The molecule has 0 spiro atoms. The summed E-state index contributed by atoms with van der Waals surface area (Å²) < 4.78 is 2.02. The average molecular weight is 241 g/mol. The van der Waals surface area contributed by atoms with Gasteiger partial charge in [-0.25, -0.2) is 4.98 Å². The first-order chi connectivity index (χ1) is 7.79. The summed E-state index contributed by atoms with van der Waals surface area (Å²) in [5.74, 6) is 0.996. The molecule has 0 bridgehead atoms. The van der Waals surface area contributed by atoms with E-state index in [2.05, 4.69) is 10.3 Å². The van der Waals surface area contributed by atoms with Crippen molar-refractivity contribution >= 4 is 11.8 Å². The number of imidazole rings is 1. The summed E-state index contributed by atoms with van der Waals surface area (Å²) in [4.78, 5) is 4.25. The minimum absolute atomic E-state index is 0.234. The number of aliphatic hydroxyl groups is 1. The molecule has 0 aliphatic heterocycles. The zero-order chi connectivity index (χ0) is 11.4. The molecule has 1 fully saturated rings. The molecular formula is C11H19N3OS. The summed E-state index contributed by atoms with van der Waals surface area (Å²) in [7, 11) is 2.00. The average Bonchev–Trinajstić information content (AvgIpc) is 3.01. The lowest BCUT2D eigenvalue weighted by atomic mass is 10.2. The number of rotatable bonds is 7. The van der Waals surface area contributed by atoms with E-state index < -0.39 is 0 Å². The molecule has 2 rings (SSSR count). The van der Waals surface area contributed by atoms with E-state index in [9.17, 15) is 5.11 Å². The van der Waals surface area contributed by atoms with Crippen LogP contribution in [-0.2, 0) is 7.05 Å². The topological polar surface area (TPSA) is 50.1 Å². The molecule has 2 N–H and O–H groups in total. The lowest BCUT2D eigenvalue weighted by Crippen LogP contribution is -2.34. The van der Waals surface area contributed by atoms with Gasteiger partial charge in [-0.3, -0.25) is 0 Å². The molecule has 1 saturated carbocycles. The maximum Gasteiger partial charge on any atom is 0.167 e. The van der Waals surface area contributed by atoms with Crippen LogP contribution in [0.5, 0.6) is 0 Å². The summed E-state index contributed by atoms with van der Waals surface area (Å²) in [5, 5.41) is 13.7. The zero-order valence-electron chi connectivity index (χ0n) is 9.59. The fourth-order valence-corrected chi connectivity index (χ4v) is 2.58. The molecule has 0 saturated heterocycles. The Labute approximate surface area is 100 Å². The molecule has 16 heavy (non-hydrogen) atoms. The maximum absolute atomic E-state index is 9.22. The van der Waals surface area contributed by atoms with Crippen LogP contribution in [0.15, 0.2) is 17.6 Å². The van der Waals surface area contributed by atoms with Crippen molar-refractivity contribution in [1.82, 2.24) is 14.9 Å². The summed E-state index contributed by atoms with van der Waals surface area (Å²) in [5.41, 5.74) is 0. The van der Waals surface area contributed by atoms with Gasteiger partial charge in [0.1, 0.15) is 0 Å². The van der Waals surface area contributed by atoms with Crippen molar-refractivity contribution < 1.29 is 5.11 Å². The zero-order valence-corrected chi connectivity index (χ0v) is 10.4. The second-order valence-electron chi connectivity index (χ2n) is 4.28. The summed E-state index contributed by atoms with van der Waals surface area (Å²) >= 11 is 1.75. The number of nitrogens with one attached hydrogen (secondary N) is 1. The Morgan fingerprint density at radius 3 is 3.06 bits per heavy atom. The molecule has 0 aromatic carbocycles. The third-order valence-electron chi connectivity index (χ3n) is 2.74. The van der Waals surface area contributed by atoms with E-state index in [0.717, 1.165) is 17.3 Å². The van der Waals surface area contributed by atoms with Crippen LogP contribution in [-0.4, -0.2) is 39.1 Å². The Kier molecular flexibility index (Phi) is 4.26. The number of hydrogen-bond donors (Lipinski definition) is 2. The van der Waals surface area contributed by atoms with Crippen LogP contribution in [0.2, 0.25) is 0 Å². The molecule has 4 nitrogen and oxygen atoms in total. The first kappa shape index (κ1) is 12.0. The van der Waals surface area contributed by atoms with Gasteiger partial charge in [0, 0.05) is 37.3 Å².